The van der Waals surface area contributed by atoms with Gasteiger partial charge in [-0.3, -0.25) is 4.72 Å². The van der Waals surface area contributed by atoms with Crippen molar-refractivity contribution < 1.29 is 13.5 Å². The summed E-state index contributed by atoms with van der Waals surface area (Å²) in [5, 5.41) is 9.92. The van der Waals surface area contributed by atoms with Gasteiger partial charge in [-0.05, 0) is 24.0 Å². The third-order valence-corrected chi connectivity index (χ3v) is 3.85. The number of halogens is 1. The van der Waals surface area contributed by atoms with Crippen molar-refractivity contribution in [3.8, 4) is 5.75 Å². The molecule has 0 saturated carbocycles. The minimum absolute atomic E-state index is 0.0125. The average molecular weight is 292 g/mol. The Kier molecular flexibility index (Phi) is 4.50. The normalized spacial score (nSPS) is 12.4. The van der Waals surface area contributed by atoms with E-state index in [1.165, 1.54) is 18.2 Å². The molecule has 4 nitrogen and oxygen atoms in total. The lowest BCUT2D eigenvalue weighted by Crippen LogP contribution is -2.20. The third-order valence-electron chi connectivity index (χ3n) is 2.35. The molecule has 0 aliphatic carbocycles. The summed E-state index contributed by atoms with van der Waals surface area (Å²) in [6.07, 6.45) is 0.538. The summed E-state index contributed by atoms with van der Waals surface area (Å²) in [5.74, 6) is -0.166. The van der Waals surface area contributed by atoms with Crippen LogP contribution in [0.25, 0.3) is 0 Å². The van der Waals surface area contributed by atoms with Crippen LogP contribution in [0.3, 0.4) is 0 Å². The van der Waals surface area contributed by atoms with Crippen LogP contribution in [0.5, 0.6) is 5.75 Å². The smallest absolute Gasteiger partial charge is 0.232 e. The van der Waals surface area contributed by atoms with Gasteiger partial charge in [-0.2, -0.15) is 0 Å². The molecule has 18 heavy (non-hydrogen) atoms. The van der Waals surface area contributed by atoms with Gasteiger partial charge < -0.3 is 5.11 Å². The minimum atomic E-state index is -3.46. The largest absolute Gasteiger partial charge is 0.506 e. The number of rotatable bonds is 4. The zero-order chi connectivity index (χ0) is 14.0. The molecule has 0 heterocycles. The number of hydrogen-bond acceptors (Lipinski definition) is 3. The molecule has 6 heteroatoms. The first-order valence-corrected chi connectivity index (χ1v) is 7.61. The Morgan fingerprint density at radius 1 is 1.33 bits per heavy atom. The molecule has 0 radical (unpaired) electrons. The van der Waals surface area contributed by atoms with Gasteiger partial charge >= 0.3 is 0 Å². The summed E-state index contributed by atoms with van der Waals surface area (Å²) in [6, 6.07) is 4.25. The molecule has 0 spiro atoms. The molecule has 0 aromatic heterocycles. The molecular weight excluding hydrogens is 274 g/mol. The van der Waals surface area contributed by atoms with Crippen molar-refractivity contribution in [1.82, 2.24) is 0 Å². The van der Waals surface area contributed by atoms with Crippen molar-refractivity contribution in [2.75, 3.05) is 10.5 Å². The molecule has 1 rings (SSSR count). The van der Waals surface area contributed by atoms with Gasteiger partial charge in [0.25, 0.3) is 0 Å². The molecule has 1 aromatic carbocycles. The fraction of sp³-hybridized carbons (Fsp3) is 0.500. The van der Waals surface area contributed by atoms with Crippen molar-refractivity contribution in [1.29, 1.82) is 0 Å². The maximum atomic E-state index is 11.8. The Bertz CT molecular complexity index is 521. The fourth-order valence-corrected chi connectivity index (χ4v) is 2.91. The summed E-state index contributed by atoms with van der Waals surface area (Å²) in [7, 11) is -3.46. The SMILES string of the molecule is CC(C)(C)CCS(=O)(=O)Nc1ccc(Cl)cc1O. The van der Waals surface area contributed by atoms with Gasteiger partial charge in [-0.1, -0.05) is 32.4 Å². The first kappa shape index (κ1) is 15.1. The van der Waals surface area contributed by atoms with Crippen LogP contribution in [0.15, 0.2) is 18.2 Å². The van der Waals surface area contributed by atoms with E-state index >= 15 is 0 Å². The van der Waals surface area contributed by atoms with Crippen LogP contribution >= 0.6 is 11.6 Å². The second-order valence-corrected chi connectivity index (χ2v) is 7.67. The van der Waals surface area contributed by atoms with Crippen LogP contribution in [0, 0.1) is 5.41 Å². The number of hydrogen-bond donors (Lipinski definition) is 2. The van der Waals surface area contributed by atoms with E-state index in [1.807, 2.05) is 20.8 Å². The maximum absolute atomic E-state index is 11.8. The molecule has 0 unspecified atom stereocenters. The zero-order valence-corrected chi connectivity index (χ0v) is 12.3. The monoisotopic (exact) mass is 291 g/mol. The number of aromatic hydroxyl groups is 1. The van der Waals surface area contributed by atoms with Crippen molar-refractivity contribution in [2.24, 2.45) is 5.41 Å². The summed E-state index contributed by atoms with van der Waals surface area (Å²) in [5.41, 5.74) is 0.0878. The number of benzene rings is 1. The molecule has 102 valence electrons. The molecule has 0 aliphatic heterocycles. The van der Waals surface area contributed by atoms with Gasteiger partial charge in [0.1, 0.15) is 5.75 Å². The lowest BCUT2D eigenvalue weighted by atomic mass is 9.94. The Morgan fingerprint density at radius 2 is 1.94 bits per heavy atom. The highest BCUT2D eigenvalue weighted by Gasteiger charge is 2.18. The molecular formula is C12H18ClNO3S. The summed E-state index contributed by atoms with van der Waals surface area (Å²) < 4.78 is 26.0. The molecule has 0 saturated heterocycles. The quantitative estimate of drug-likeness (QED) is 0.837. The van der Waals surface area contributed by atoms with Crippen molar-refractivity contribution in [2.45, 2.75) is 27.2 Å². The van der Waals surface area contributed by atoms with Gasteiger partial charge in [0, 0.05) is 11.1 Å². The van der Waals surface area contributed by atoms with E-state index in [2.05, 4.69) is 4.72 Å². The van der Waals surface area contributed by atoms with Crippen molar-refractivity contribution in [3.63, 3.8) is 0 Å². The molecule has 0 fully saturated rings. The first-order chi connectivity index (χ1) is 8.09. The number of anilines is 1. The van der Waals surface area contributed by atoms with Crippen LogP contribution < -0.4 is 4.72 Å². The fourth-order valence-electron chi connectivity index (χ4n) is 1.25. The Morgan fingerprint density at radius 3 is 2.44 bits per heavy atom. The second-order valence-electron chi connectivity index (χ2n) is 5.39. The number of phenolic OH excluding ortho intramolecular Hbond substituents is 1. The average Bonchev–Trinajstić information content (AvgIpc) is 2.19. The van der Waals surface area contributed by atoms with E-state index in [0.717, 1.165) is 0 Å². The highest BCUT2D eigenvalue weighted by Crippen LogP contribution is 2.28. The summed E-state index contributed by atoms with van der Waals surface area (Å²) in [6.45, 7) is 5.92. The van der Waals surface area contributed by atoms with Gasteiger partial charge in [-0.15, -0.1) is 0 Å². The van der Waals surface area contributed by atoms with E-state index in [0.29, 0.717) is 11.4 Å². The first-order valence-electron chi connectivity index (χ1n) is 5.58. The molecule has 0 aliphatic rings. The number of sulfonamides is 1. The van der Waals surface area contributed by atoms with Crippen molar-refractivity contribution in [3.05, 3.63) is 23.2 Å². The molecule has 2 N–H and O–H groups in total. The topological polar surface area (TPSA) is 66.4 Å². The molecule has 1 aromatic rings. The number of phenols is 1. The second kappa shape index (κ2) is 5.36. The van der Waals surface area contributed by atoms with E-state index in [1.54, 1.807) is 0 Å². The van der Waals surface area contributed by atoms with Crippen LogP contribution in [0.4, 0.5) is 5.69 Å². The van der Waals surface area contributed by atoms with E-state index in [-0.39, 0.29) is 22.6 Å². The minimum Gasteiger partial charge on any atom is -0.506 e. The van der Waals surface area contributed by atoms with Crippen LogP contribution in [0.1, 0.15) is 27.2 Å². The van der Waals surface area contributed by atoms with E-state index in [9.17, 15) is 13.5 Å². The summed E-state index contributed by atoms with van der Waals surface area (Å²) >= 11 is 5.67. The predicted octanol–water partition coefficient (Wildman–Crippen LogP) is 3.22. The Balaban J connectivity index is 2.77. The van der Waals surface area contributed by atoms with Crippen LogP contribution in [0.2, 0.25) is 5.02 Å². The standard InChI is InChI=1S/C12H18ClNO3S/c1-12(2,3)6-7-18(16,17)14-10-5-4-9(13)8-11(10)15/h4-5,8,14-15H,6-7H2,1-3H3. The van der Waals surface area contributed by atoms with E-state index in [4.69, 9.17) is 11.6 Å². The molecule has 0 bridgehead atoms. The maximum Gasteiger partial charge on any atom is 0.232 e. The zero-order valence-electron chi connectivity index (χ0n) is 10.7. The lowest BCUT2D eigenvalue weighted by molar-refractivity contribution is 0.397. The lowest BCUT2D eigenvalue weighted by Gasteiger charge is -2.18. The highest BCUT2D eigenvalue weighted by molar-refractivity contribution is 7.92. The summed E-state index contributed by atoms with van der Waals surface area (Å²) in [4.78, 5) is 0. The number of nitrogens with one attached hydrogen (secondary N) is 1. The van der Waals surface area contributed by atoms with Crippen LogP contribution in [-0.4, -0.2) is 19.3 Å². The van der Waals surface area contributed by atoms with E-state index < -0.39 is 10.0 Å². The van der Waals surface area contributed by atoms with Gasteiger partial charge in [0.15, 0.2) is 0 Å². The highest BCUT2D eigenvalue weighted by atomic mass is 35.5. The van der Waals surface area contributed by atoms with Gasteiger partial charge in [0.2, 0.25) is 10.0 Å². The molecule has 0 amide bonds. The molecule has 0 atom stereocenters. The predicted molar refractivity (Wildman–Crippen MR) is 74.6 cm³/mol. The van der Waals surface area contributed by atoms with Crippen molar-refractivity contribution >= 4 is 27.3 Å². The van der Waals surface area contributed by atoms with Gasteiger partial charge in [0.05, 0.1) is 11.4 Å². The van der Waals surface area contributed by atoms with Crippen LogP contribution in [-0.2, 0) is 10.0 Å². The van der Waals surface area contributed by atoms with Gasteiger partial charge in [-0.25, -0.2) is 8.42 Å². The third kappa shape index (κ3) is 5.14. The Labute approximate surface area is 113 Å². The Hall–Kier alpha value is -0.940.